The fourth-order valence-electron chi connectivity index (χ4n) is 4.20. The van der Waals surface area contributed by atoms with Gasteiger partial charge in [-0.2, -0.15) is 13.2 Å². The number of alkyl halides is 3. The highest BCUT2D eigenvalue weighted by Crippen LogP contribution is 2.46. The molecule has 4 rings (SSSR count). The van der Waals surface area contributed by atoms with Crippen LogP contribution in [0.25, 0.3) is 11.1 Å². The van der Waals surface area contributed by atoms with Gasteiger partial charge in [-0.15, -0.1) is 0 Å². The first kappa shape index (κ1) is 22.5. The Morgan fingerprint density at radius 1 is 0.909 bits per heavy atom. The van der Waals surface area contributed by atoms with Crippen molar-refractivity contribution < 1.29 is 32.6 Å². The molecule has 8 heteroatoms. The number of aliphatic hydroxyl groups is 1. The molecular weight excluding hydrogens is 435 g/mol. The number of ether oxygens (including phenoxy) is 1. The fraction of sp³-hybridized carbons (Fsp3) is 0.200. The van der Waals surface area contributed by atoms with Gasteiger partial charge in [-0.3, -0.25) is 4.79 Å². The number of fused-ring (bicyclic) bond motifs is 3. The van der Waals surface area contributed by atoms with Gasteiger partial charge in [-0.1, -0.05) is 60.7 Å². The lowest BCUT2D eigenvalue weighted by Crippen LogP contribution is -2.47. The molecule has 0 heterocycles. The molecular formula is C25H20F3NO4. The maximum Gasteiger partial charge on any atom is 0.416 e. The number of aliphatic hydroxyl groups excluding tert-OH is 1. The standard InChI is InChI=1S/C25H20F3NO4/c1-33-24(32)21(20-18-8-4-2-6-16(18)17-7-3-5-9-19(17)20)29-23(31)22(30)14-10-12-15(13-11-14)25(26,27)28/h2-13,20-22,30H,1H3,(H,29,31)/t21-,22+/m1/s1. The van der Waals surface area contributed by atoms with Gasteiger partial charge in [0.05, 0.1) is 12.7 Å². The van der Waals surface area contributed by atoms with Crippen molar-refractivity contribution in [2.45, 2.75) is 24.2 Å². The van der Waals surface area contributed by atoms with Crippen molar-refractivity contribution in [3.05, 3.63) is 95.1 Å². The van der Waals surface area contributed by atoms with Crippen LogP contribution in [0.3, 0.4) is 0 Å². The molecule has 1 aliphatic carbocycles. The van der Waals surface area contributed by atoms with Gasteiger partial charge >= 0.3 is 12.1 Å². The van der Waals surface area contributed by atoms with Crippen LogP contribution in [0, 0.1) is 0 Å². The first-order valence-corrected chi connectivity index (χ1v) is 10.1. The number of esters is 1. The fourth-order valence-corrected chi connectivity index (χ4v) is 4.20. The Hall–Kier alpha value is -3.65. The predicted octanol–water partition coefficient (Wildman–Crippen LogP) is 4.21. The summed E-state index contributed by atoms with van der Waals surface area (Å²) in [7, 11) is 1.19. The Balaban J connectivity index is 1.64. The molecule has 0 aliphatic heterocycles. The van der Waals surface area contributed by atoms with E-state index >= 15 is 0 Å². The molecule has 0 unspecified atom stereocenters. The summed E-state index contributed by atoms with van der Waals surface area (Å²) in [5.41, 5.74) is 2.55. The summed E-state index contributed by atoms with van der Waals surface area (Å²) in [5, 5.41) is 13.0. The van der Waals surface area contributed by atoms with Gasteiger partial charge in [0.25, 0.3) is 5.91 Å². The van der Waals surface area contributed by atoms with Crippen LogP contribution in [0.4, 0.5) is 13.2 Å². The molecule has 3 aromatic carbocycles. The summed E-state index contributed by atoms with van der Waals surface area (Å²) in [6.07, 6.45) is -6.31. The minimum absolute atomic E-state index is 0.0312. The van der Waals surface area contributed by atoms with Crippen molar-refractivity contribution in [3.8, 4) is 11.1 Å². The minimum Gasteiger partial charge on any atom is -0.467 e. The second kappa shape index (κ2) is 8.71. The number of nitrogens with one attached hydrogen (secondary N) is 1. The molecule has 1 amide bonds. The van der Waals surface area contributed by atoms with Gasteiger partial charge in [0.15, 0.2) is 6.10 Å². The highest BCUT2D eigenvalue weighted by atomic mass is 19.4. The van der Waals surface area contributed by atoms with Crippen LogP contribution in [-0.4, -0.2) is 30.1 Å². The zero-order valence-electron chi connectivity index (χ0n) is 17.5. The lowest BCUT2D eigenvalue weighted by atomic mass is 9.89. The second-order valence-electron chi connectivity index (χ2n) is 7.68. The Bertz CT molecular complexity index is 1150. The van der Waals surface area contributed by atoms with Crippen molar-refractivity contribution in [2.24, 2.45) is 0 Å². The van der Waals surface area contributed by atoms with Crippen LogP contribution in [-0.2, 0) is 20.5 Å². The average Bonchev–Trinajstić information content (AvgIpc) is 3.15. The molecule has 0 spiro atoms. The third-order valence-electron chi connectivity index (χ3n) is 5.77. The van der Waals surface area contributed by atoms with E-state index in [1.807, 2.05) is 48.5 Å². The number of methoxy groups -OCH3 is 1. The molecule has 1 aliphatic rings. The summed E-state index contributed by atoms with van der Waals surface area (Å²) >= 11 is 0. The first-order chi connectivity index (χ1) is 15.7. The summed E-state index contributed by atoms with van der Waals surface area (Å²) in [6.45, 7) is 0. The van der Waals surface area contributed by atoms with Crippen molar-refractivity contribution in [2.75, 3.05) is 7.11 Å². The Morgan fingerprint density at radius 3 is 1.91 bits per heavy atom. The third kappa shape index (κ3) is 4.21. The number of benzene rings is 3. The normalized spacial score (nSPS) is 14.7. The molecule has 2 atom stereocenters. The van der Waals surface area contributed by atoms with E-state index in [0.717, 1.165) is 46.5 Å². The number of rotatable bonds is 5. The van der Waals surface area contributed by atoms with Crippen molar-refractivity contribution in [1.29, 1.82) is 0 Å². The van der Waals surface area contributed by atoms with Crippen LogP contribution >= 0.6 is 0 Å². The van der Waals surface area contributed by atoms with E-state index in [4.69, 9.17) is 4.74 Å². The topological polar surface area (TPSA) is 75.6 Å². The molecule has 0 fully saturated rings. The van der Waals surface area contributed by atoms with Crippen molar-refractivity contribution >= 4 is 11.9 Å². The van der Waals surface area contributed by atoms with Crippen LogP contribution in [0.15, 0.2) is 72.8 Å². The van der Waals surface area contributed by atoms with E-state index in [2.05, 4.69) is 5.32 Å². The van der Waals surface area contributed by atoms with Gasteiger partial charge in [0.1, 0.15) is 6.04 Å². The van der Waals surface area contributed by atoms with Crippen molar-refractivity contribution in [1.82, 2.24) is 5.32 Å². The second-order valence-corrected chi connectivity index (χ2v) is 7.68. The van der Waals surface area contributed by atoms with E-state index < -0.39 is 41.7 Å². The highest BCUT2D eigenvalue weighted by molar-refractivity contribution is 5.91. The summed E-state index contributed by atoms with van der Waals surface area (Å²) < 4.78 is 43.3. The number of carbonyl (C=O) groups is 2. The maximum absolute atomic E-state index is 12.8. The van der Waals surface area contributed by atoms with Gasteiger partial charge in [0, 0.05) is 5.92 Å². The van der Waals surface area contributed by atoms with E-state index in [9.17, 15) is 27.9 Å². The zero-order valence-corrected chi connectivity index (χ0v) is 17.5. The number of amides is 1. The van der Waals surface area contributed by atoms with E-state index in [0.29, 0.717) is 0 Å². The molecule has 0 aromatic heterocycles. The molecule has 33 heavy (non-hydrogen) atoms. The van der Waals surface area contributed by atoms with Crippen LogP contribution in [0.5, 0.6) is 0 Å². The Labute approximate surface area is 187 Å². The van der Waals surface area contributed by atoms with Gasteiger partial charge in [-0.25, -0.2) is 4.79 Å². The van der Waals surface area contributed by atoms with Crippen LogP contribution in [0.1, 0.15) is 34.3 Å². The first-order valence-electron chi connectivity index (χ1n) is 10.1. The summed E-state index contributed by atoms with van der Waals surface area (Å²) in [4.78, 5) is 25.6. The number of halogens is 3. The SMILES string of the molecule is COC(=O)[C@H](NC(=O)[C@@H](O)c1ccc(C(F)(F)F)cc1)C1c2ccccc2-c2ccccc21. The monoisotopic (exact) mass is 455 g/mol. The van der Waals surface area contributed by atoms with Gasteiger partial charge in [-0.05, 0) is 39.9 Å². The summed E-state index contributed by atoms with van der Waals surface area (Å²) in [5.74, 6) is -2.19. The molecule has 0 saturated heterocycles. The molecule has 3 aromatic rings. The number of hydrogen-bond acceptors (Lipinski definition) is 4. The van der Waals surface area contributed by atoms with Crippen molar-refractivity contribution in [3.63, 3.8) is 0 Å². The smallest absolute Gasteiger partial charge is 0.416 e. The molecule has 0 saturated carbocycles. The minimum atomic E-state index is -4.54. The predicted molar refractivity (Wildman–Crippen MR) is 114 cm³/mol. The van der Waals surface area contributed by atoms with E-state index in [1.165, 1.54) is 7.11 Å². The number of hydrogen-bond donors (Lipinski definition) is 2. The number of carbonyl (C=O) groups excluding carboxylic acids is 2. The molecule has 0 radical (unpaired) electrons. The summed E-state index contributed by atoms with van der Waals surface area (Å²) in [6, 6.07) is 17.4. The Morgan fingerprint density at radius 2 is 1.42 bits per heavy atom. The lowest BCUT2D eigenvalue weighted by molar-refractivity contribution is -0.146. The van der Waals surface area contributed by atoms with Crippen LogP contribution in [0.2, 0.25) is 0 Å². The van der Waals surface area contributed by atoms with Crippen LogP contribution < -0.4 is 5.32 Å². The largest absolute Gasteiger partial charge is 0.467 e. The van der Waals surface area contributed by atoms with Gasteiger partial charge in [0.2, 0.25) is 0 Å². The lowest BCUT2D eigenvalue weighted by Gasteiger charge is -2.25. The molecule has 170 valence electrons. The zero-order chi connectivity index (χ0) is 23.8. The molecule has 5 nitrogen and oxygen atoms in total. The van der Waals surface area contributed by atoms with Gasteiger partial charge < -0.3 is 15.2 Å². The average molecular weight is 455 g/mol. The van der Waals surface area contributed by atoms with E-state index in [1.54, 1.807) is 0 Å². The maximum atomic E-state index is 12.8. The quantitative estimate of drug-likeness (QED) is 0.566. The Kier molecular flexibility index (Phi) is 5.95. The van der Waals surface area contributed by atoms with E-state index in [-0.39, 0.29) is 5.56 Å². The highest BCUT2D eigenvalue weighted by Gasteiger charge is 2.40. The molecule has 0 bridgehead atoms. The molecule has 2 N–H and O–H groups in total. The third-order valence-corrected chi connectivity index (χ3v) is 5.77.